The molecule has 0 saturated heterocycles. The van der Waals surface area contributed by atoms with E-state index >= 15 is 0 Å². The van der Waals surface area contributed by atoms with Gasteiger partial charge in [-0.05, 0) is 64.5 Å². The molecule has 1 aromatic rings. The maximum atomic E-state index is 2.88. The minimum absolute atomic E-state index is 0.648. The molecule has 0 aliphatic carbocycles. The molecule has 0 aromatic heterocycles. The Hall–Kier alpha value is -0.860. The summed E-state index contributed by atoms with van der Waals surface area (Å²) in [4.78, 5) is 5.76. The Bertz CT molecular complexity index is 773. The van der Waals surface area contributed by atoms with Crippen molar-refractivity contribution in [2.24, 2.45) is 0 Å². The average molecular weight is 753 g/mol. The van der Waals surface area contributed by atoms with E-state index in [1.807, 2.05) is 0 Å². The Labute approximate surface area is 342 Å². The molecular weight excluding hydrogens is 653 g/mol. The van der Waals surface area contributed by atoms with Crippen LogP contribution in [0.4, 0.5) is 0 Å². The molecule has 1 rings (SSSR count). The van der Waals surface area contributed by atoms with Gasteiger partial charge in [0.1, 0.15) is 0 Å². The van der Waals surface area contributed by atoms with Crippen molar-refractivity contribution in [1.29, 1.82) is 0 Å². The number of nitrogens with zero attached hydrogens (tertiary/aromatic N) is 2. The lowest BCUT2D eigenvalue weighted by Crippen LogP contribution is -2.40. The Balaban J connectivity index is 2.88. The molecule has 0 amide bonds. The number of hydrogen-bond acceptors (Lipinski definition) is 2. The zero-order valence-electron chi connectivity index (χ0n) is 38.6. The summed E-state index contributed by atoms with van der Waals surface area (Å²) in [5.74, 6) is 0. The summed E-state index contributed by atoms with van der Waals surface area (Å²) >= 11 is 0. The Morgan fingerprint density at radius 2 is 0.481 bits per heavy atom. The predicted molar refractivity (Wildman–Crippen MR) is 246 cm³/mol. The highest BCUT2D eigenvalue weighted by molar-refractivity contribution is 5.23. The van der Waals surface area contributed by atoms with E-state index in [2.05, 4.69) is 89.5 Å². The van der Waals surface area contributed by atoms with E-state index in [-0.39, 0.29) is 0 Å². The minimum atomic E-state index is 0.648. The van der Waals surface area contributed by atoms with Gasteiger partial charge in [-0.3, -0.25) is 9.80 Å². The van der Waals surface area contributed by atoms with Crippen LogP contribution in [0.1, 0.15) is 272 Å². The van der Waals surface area contributed by atoms with Crippen molar-refractivity contribution < 1.29 is 0 Å². The predicted octanol–water partition coefficient (Wildman–Crippen LogP) is 17.4. The van der Waals surface area contributed by atoms with Gasteiger partial charge in [-0.15, -0.1) is 0 Å². The van der Waals surface area contributed by atoms with Gasteiger partial charge in [0.2, 0.25) is 0 Å². The van der Waals surface area contributed by atoms with E-state index < -0.39 is 0 Å². The van der Waals surface area contributed by atoms with Crippen molar-refractivity contribution >= 4 is 0 Å². The van der Waals surface area contributed by atoms with E-state index in [0.717, 1.165) is 13.1 Å². The highest BCUT2D eigenvalue weighted by Crippen LogP contribution is 2.24. The largest absolute Gasteiger partial charge is 0.294 e. The molecule has 0 bridgehead atoms. The molecular formula is C52H100N2. The van der Waals surface area contributed by atoms with Gasteiger partial charge in [0.25, 0.3) is 0 Å². The fourth-order valence-electron chi connectivity index (χ4n) is 8.91. The summed E-state index contributed by atoms with van der Waals surface area (Å²) in [6, 6.07) is 12.6. The monoisotopic (exact) mass is 753 g/mol. The summed E-state index contributed by atoms with van der Waals surface area (Å²) in [5, 5.41) is 0. The number of hydrogen-bond donors (Lipinski definition) is 0. The van der Waals surface area contributed by atoms with E-state index in [1.165, 1.54) is 217 Å². The Morgan fingerprint density at radius 3 is 0.685 bits per heavy atom. The zero-order chi connectivity index (χ0) is 39.5. The van der Waals surface area contributed by atoms with Crippen LogP contribution in [0.5, 0.6) is 0 Å². The maximum Gasteiger partial charge on any atom is 0.0239 e. The third-order valence-electron chi connectivity index (χ3n) is 12.9. The molecule has 4 unspecified atom stereocenters. The van der Waals surface area contributed by atoms with Gasteiger partial charge in [0.15, 0.2) is 0 Å². The highest BCUT2D eigenvalue weighted by Gasteiger charge is 2.22. The van der Waals surface area contributed by atoms with E-state index in [0.29, 0.717) is 24.2 Å². The standard InChI is InChI=1S/C52H100N2/c1-9-13-17-21-25-29-33-37-47(5)53(48(6)38-34-30-26-22-18-14-10-2)45-51-41-43-52(44-42-51)46-54(49(7)39-35-31-27-23-19-15-11-3)50(8)40-36-32-28-24-20-16-12-4/h41-44,47-50H,9-40,45-46H2,1-8H3. The molecule has 0 aliphatic heterocycles. The fourth-order valence-corrected chi connectivity index (χ4v) is 8.91. The van der Waals surface area contributed by atoms with Crippen LogP contribution in [0.25, 0.3) is 0 Å². The molecule has 1 aromatic carbocycles. The molecule has 318 valence electrons. The fraction of sp³-hybridized carbons (Fsp3) is 0.885. The Kier molecular flexibility index (Phi) is 34.6. The number of unbranched alkanes of at least 4 members (excludes halogenated alkanes) is 24. The maximum absolute atomic E-state index is 2.88. The van der Waals surface area contributed by atoms with E-state index in [1.54, 1.807) is 0 Å². The first-order chi connectivity index (χ1) is 26.4. The highest BCUT2D eigenvalue weighted by atomic mass is 15.2. The van der Waals surface area contributed by atoms with Crippen LogP contribution in [-0.2, 0) is 13.1 Å². The summed E-state index contributed by atoms with van der Waals surface area (Å²) in [5.41, 5.74) is 3.02. The third-order valence-corrected chi connectivity index (χ3v) is 12.9. The molecule has 4 atom stereocenters. The van der Waals surface area contributed by atoms with Gasteiger partial charge in [-0.2, -0.15) is 0 Å². The van der Waals surface area contributed by atoms with Crippen LogP contribution in [0.2, 0.25) is 0 Å². The van der Waals surface area contributed by atoms with Crippen molar-refractivity contribution in [3.8, 4) is 0 Å². The van der Waals surface area contributed by atoms with Crippen LogP contribution >= 0.6 is 0 Å². The molecule has 0 aliphatic rings. The van der Waals surface area contributed by atoms with Gasteiger partial charge < -0.3 is 0 Å². The van der Waals surface area contributed by atoms with E-state index in [4.69, 9.17) is 0 Å². The molecule has 2 nitrogen and oxygen atoms in total. The van der Waals surface area contributed by atoms with Gasteiger partial charge >= 0.3 is 0 Å². The SMILES string of the molecule is CCCCCCCCCC(C)N(Cc1ccc(CN(C(C)CCCCCCCCC)C(C)CCCCCCCCC)cc1)C(C)CCCCCCCCC. The summed E-state index contributed by atoms with van der Waals surface area (Å²) in [7, 11) is 0. The second-order valence-electron chi connectivity index (χ2n) is 18.2. The number of rotatable bonds is 40. The quantitative estimate of drug-likeness (QED) is 0.0616. The van der Waals surface area contributed by atoms with Crippen molar-refractivity contribution in [1.82, 2.24) is 9.80 Å². The van der Waals surface area contributed by atoms with Crippen molar-refractivity contribution in [2.75, 3.05) is 0 Å². The zero-order valence-corrected chi connectivity index (χ0v) is 38.6. The molecule has 0 saturated carbocycles. The van der Waals surface area contributed by atoms with Gasteiger partial charge in [-0.1, -0.05) is 232 Å². The van der Waals surface area contributed by atoms with Crippen molar-refractivity contribution in [3.05, 3.63) is 35.4 Å². The average Bonchev–Trinajstić information content (AvgIpc) is 3.17. The van der Waals surface area contributed by atoms with Crippen LogP contribution in [0.3, 0.4) is 0 Å². The summed E-state index contributed by atoms with van der Waals surface area (Å²) in [6.45, 7) is 21.6. The first-order valence-electron chi connectivity index (χ1n) is 25.0. The number of benzene rings is 1. The lowest BCUT2D eigenvalue weighted by atomic mass is 9.99. The lowest BCUT2D eigenvalue weighted by molar-refractivity contribution is 0.125. The second kappa shape index (κ2) is 36.5. The summed E-state index contributed by atoms with van der Waals surface area (Å²) < 4.78 is 0. The molecule has 54 heavy (non-hydrogen) atoms. The topological polar surface area (TPSA) is 6.48 Å². The first-order valence-corrected chi connectivity index (χ1v) is 25.0. The van der Waals surface area contributed by atoms with Crippen LogP contribution in [0, 0.1) is 0 Å². The molecule has 0 N–H and O–H groups in total. The van der Waals surface area contributed by atoms with Gasteiger partial charge in [-0.25, -0.2) is 0 Å². The van der Waals surface area contributed by atoms with Gasteiger partial charge in [0.05, 0.1) is 0 Å². The van der Waals surface area contributed by atoms with E-state index in [9.17, 15) is 0 Å². The smallest absolute Gasteiger partial charge is 0.0239 e. The molecule has 0 heterocycles. The van der Waals surface area contributed by atoms with Crippen LogP contribution in [0.15, 0.2) is 24.3 Å². The molecule has 0 radical (unpaired) electrons. The summed E-state index contributed by atoms with van der Waals surface area (Å²) in [6.07, 6.45) is 44.7. The van der Waals surface area contributed by atoms with Crippen molar-refractivity contribution in [2.45, 2.75) is 298 Å². The molecule has 0 fully saturated rings. The Morgan fingerprint density at radius 1 is 0.296 bits per heavy atom. The third kappa shape index (κ3) is 26.9. The van der Waals surface area contributed by atoms with Crippen LogP contribution in [-0.4, -0.2) is 34.0 Å². The lowest BCUT2D eigenvalue weighted by Gasteiger charge is -2.36. The second-order valence-corrected chi connectivity index (χ2v) is 18.2. The normalized spacial score (nSPS) is 14.3. The van der Waals surface area contributed by atoms with Crippen molar-refractivity contribution in [3.63, 3.8) is 0 Å². The van der Waals surface area contributed by atoms with Crippen LogP contribution < -0.4 is 0 Å². The van der Waals surface area contributed by atoms with Gasteiger partial charge in [0, 0.05) is 37.3 Å². The molecule has 0 spiro atoms. The first kappa shape index (κ1) is 51.2. The molecule has 2 heteroatoms. The minimum Gasteiger partial charge on any atom is -0.294 e.